The van der Waals surface area contributed by atoms with Crippen LogP contribution in [0.2, 0.25) is 0 Å². The zero-order chi connectivity index (χ0) is 11.4. The van der Waals surface area contributed by atoms with Crippen molar-refractivity contribution in [3.05, 3.63) is 0 Å². The zero-order valence-electron chi connectivity index (χ0n) is 8.22. The summed E-state index contributed by atoms with van der Waals surface area (Å²) in [5.74, 6) is 0. The quantitative estimate of drug-likeness (QED) is 0.284. The van der Waals surface area contributed by atoms with Gasteiger partial charge in [-0.15, -0.1) is 0 Å². The van der Waals surface area contributed by atoms with Crippen molar-refractivity contribution < 1.29 is 33.8 Å². The molecule has 0 saturated heterocycles. The molecule has 0 spiro atoms. The van der Waals surface area contributed by atoms with Crippen LogP contribution >= 0.6 is 15.2 Å². The van der Waals surface area contributed by atoms with E-state index in [0.717, 1.165) is 4.90 Å². The van der Waals surface area contributed by atoms with Gasteiger partial charge in [-0.25, -0.2) is 0 Å². The number of nitrogens with zero attached hydrogens (tertiary/aromatic N) is 1. The van der Waals surface area contributed by atoms with E-state index in [0.29, 0.717) is 0 Å². The number of hydrogen-bond acceptors (Lipinski definition) is 4. The third kappa shape index (κ3) is 13.8. The molecule has 0 unspecified atom stereocenters. The van der Waals surface area contributed by atoms with Crippen LogP contribution in [0.1, 0.15) is 0 Å². The molecule has 0 rings (SSSR count). The standard InChI is InChI=1S/C4H13NO7P2.K/c6-2-1-5(3-13(7,8)9)4-14(10,11)12;/h6H,1-4H2,(H2,7,8,9)(H2,10,11,12);. The predicted molar refractivity (Wildman–Crippen MR) is 53.4 cm³/mol. The van der Waals surface area contributed by atoms with Crippen LogP contribution in [0, 0.1) is 0 Å². The molecule has 0 aromatic rings. The van der Waals surface area contributed by atoms with E-state index in [2.05, 4.69) is 0 Å². The van der Waals surface area contributed by atoms with Crippen molar-refractivity contribution in [2.75, 3.05) is 25.7 Å². The van der Waals surface area contributed by atoms with Crippen molar-refractivity contribution in [2.45, 2.75) is 0 Å². The molecule has 0 aromatic carbocycles. The molecule has 0 bridgehead atoms. The van der Waals surface area contributed by atoms with E-state index in [1.807, 2.05) is 0 Å². The maximum Gasteiger partial charge on any atom is 0.339 e. The molecule has 11 heteroatoms. The summed E-state index contributed by atoms with van der Waals surface area (Å²) in [5.41, 5.74) is 0. The monoisotopic (exact) mass is 288 g/mol. The second-order valence-corrected chi connectivity index (χ2v) is 5.95. The van der Waals surface area contributed by atoms with Gasteiger partial charge in [-0.05, 0) is 0 Å². The Balaban J connectivity index is 0. The Hall–Kier alpha value is 1.86. The molecule has 0 aliphatic carbocycles. The zero-order valence-corrected chi connectivity index (χ0v) is 13.1. The minimum Gasteiger partial charge on any atom is -0.395 e. The van der Waals surface area contributed by atoms with Gasteiger partial charge in [0.2, 0.25) is 0 Å². The summed E-state index contributed by atoms with van der Waals surface area (Å²) in [4.78, 5) is 35.0. The molecular weight excluding hydrogens is 275 g/mol. The van der Waals surface area contributed by atoms with Gasteiger partial charge in [0, 0.05) is 57.9 Å². The Morgan fingerprint density at radius 3 is 1.47 bits per heavy atom. The van der Waals surface area contributed by atoms with Gasteiger partial charge < -0.3 is 24.7 Å². The van der Waals surface area contributed by atoms with Crippen LogP contribution in [0.3, 0.4) is 0 Å². The molecule has 0 atom stereocenters. The molecule has 15 heavy (non-hydrogen) atoms. The Labute approximate surface area is 129 Å². The summed E-state index contributed by atoms with van der Waals surface area (Å²) in [6, 6.07) is 0. The smallest absolute Gasteiger partial charge is 0.339 e. The van der Waals surface area contributed by atoms with Crippen molar-refractivity contribution in [1.82, 2.24) is 4.90 Å². The molecule has 8 nitrogen and oxygen atoms in total. The first-order valence-corrected chi connectivity index (χ1v) is 7.16. The summed E-state index contributed by atoms with van der Waals surface area (Å²) >= 11 is 0. The van der Waals surface area contributed by atoms with Gasteiger partial charge in [0.1, 0.15) is 12.6 Å². The molecule has 0 aromatic heterocycles. The summed E-state index contributed by atoms with van der Waals surface area (Å²) in [6.45, 7) is -0.629. The summed E-state index contributed by atoms with van der Waals surface area (Å²) in [6.07, 6.45) is -1.56. The fourth-order valence-electron chi connectivity index (χ4n) is 0.849. The third-order valence-corrected chi connectivity index (χ3v) is 2.72. The van der Waals surface area contributed by atoms with Crippen LogP contribution in [0.25, 0.3) is 0 Å². The molecular formula is C4H13KNO7P2. The van der Waals surface area contributed by atoms with Crippen LogP contribution in [0.5, 0.6) is 0 Å². The van der Waals surface area contributed by atoms with Gasteiger partial charge in [-0.1, -0.05) is 0 Å². The first kappa shape index (κ1) is 19.2. The molecule has 5 N–H and O–H groups in total. The fourth-order valence-corrected chi connectivity index (χ4v) is 2.53. The first-order valence-electron chi connectivity index (χ1n) is 3.56. The molecule has 0 amide bonds. The van der Waals surface area contributed by atoms with Gasteiger partial charge in [0.15, 0.2) is 0 Å². The molecule has 87 valence electrons. The van der Waals surface area contributed by atoms with Crippen molar-refractivity contribution in [2.24, 2.45) is 0 Å². The van der Waals surface area contributed by atoms with E-state index in [9.17, 15) is 9.13 Å². The predicted octanol–water partition coefficient (Wildman–Crippen LogP) is -1.83. The largest absolute Gasteiger partial charge is 0.395 e. The second-order valence-electron chi connectivity index (χ2n) is 2.73. The molecule has 1 radical (unpaired) electrons. The number of aliphatic hydroxyl groups is 1. The van der Waals surface area contributed by atoms with Gasteiger partial charge >= 0.3 is 15.2 Å². The van der Waals surface area contributed by atoms with Gasteiger partial charge in [0.25, 0.3) is 0 Å². The van der Waals surface area contributed by atoms with Gasteiger partial charge in [-0.2, -0.15) is 0 Å². The number of hydrogen-bond donors (Lipinski definition) is 5. The normalized spacial score (nSPS) is 12.7. The number of aliphatic hydroxyl groups excluding tert-OH is 1. The molecule has 0 heterocycles. The Morgan fingerprint density at radius 1 is 0.933 bits per heavy atom. The van der Waals surface area contributed by atoms with E-state index < -0.39 is 34.4 Å². The van der Waals surface area contributed by atoms with Crippen LogP contribution < -0.4 is 0 Å². The van der Waals surface area contributed by atoms with E-state index in [-0.39, 0.29) is 57.9 Å². The minimum atomic E-state index is -4.37. The van der Waals surface area contributed by atoms with E-state index in [4.69, 9.17) is 24.7 Å². The Bertz CT molecular complexity index is 238. The topological polar surface area (TPSA) is 139 Å². The maximum absolute atomic E-state index is 10.5. The maximum atomic E-state index is 10.5. The van der Waals surface area contributed by atoms with Crippen LogP contribution in [-0.4, -0.2) is 107 Å². The van der Waals surface area contributed by atoms with Crippen molar-refractivity contribution in [1.29, 1.82) is 0 Å². The molecule has 0 aliphatic rings. The first-order chi connectivity index (χ1) is 6.14. The van der Waals surface area contributed by atoms with E-state index >= 15 is 0 Å². The number of rotatable bonds is 6. The SMILES string of the molecule is O=P(O)(O)CN(CCO)CP(=O)(O)O.[K]. The molecule has 0 saturated carbocycles. The van der Waals surface area contributed by atoms with Gasteiger partial charge in [0.05, 0.1) is 6.61 Å². The Kier molecular flexibility index (Phi) is 10.3. The minimum absolute atomic E-state index is 0. The van der Waals surface area contributed by atoms with Crippen LogP contribution in [0.4, 0.5) is 0 Å². The fraction of sp³-hybridized carbons (Fsp3) is 1.00. The van der Waals surface area contributed by atoms with Crippen molar-refractivity contribution in [3.63, 3.8) is 0 Å². The van der Waals surface area contributed by atoms with Gasteiger partial charge in [-0.3, -0.25) is 14.0 Å². The molecule has 0 fully saturated rings. The van der Waals surface area contributed by atoms with E-state index in [1.54, 1.807) is 0 Å². The third-order valence-electron chi connectivity index (χ3n) is 1.18. The van der Waals surface area contributed by atoms with Crippen LogP contribution in [-0.2, 0) is 9.13 Å². The second kappa shape index (κ2) is 8.05. The average molecular weight is 288 g/mol. The average Bonchev–Trinajstić information content (AvgIpc) is 1.78. The van der Waals surface area contributed by atoms with E-state index in [1.165, 1.54) is 0 Å². The summed E-state index contributed by atoms with van der Waals surface area (Å²) < 4.78 is 21.0. The van der Waals surface area contributed by atoms with Crippen molar-refractivity contribution in [3.8, 4) is 0 Å². The Morgan fingerprint density at radius 2 is 1.27 bits per heavy atom. The van der Waals surface area contributed by atoms with Crippen LogP contribution in [0.15, 0.2) is 0 Å². The molecule has 0 aliphatic heterocycles. The summed E-state index contributed by atoms with van der Waals surface area (Å²) in [7, 11) is -8.73. The summed E-state index contributed by atoms with van der Waals surface area (Å²) in [5, 5.41) is 8.48. The van der Waals surface area contributed by atoms with Crippen molar-refractivity contribution >= 4 is 66.6 Å².